The average Bonchev–Trinajstić information content (AvgIpc) is 3.41. The van der Waals surface area contributed by atoms with E-state index in [1.165, 1.54) is 6.07 Å². The van der Waals surface area contributed by atoms with Crippen molar-refractivity contribution >= 4 is 17.8 Å². The molecule has 0 spiro atoms. The van der Waals surface area contributed by atoms with Crippen LogP contribution in [-0.4, -0.2) is 42.6 Å². The van der Waals surface area contributed by atoms with Gasteiger partial charge in [-0.15, -0.1) is 0 Å². The number of ether oxygens (including phenoxy) is 2. The van der Waals surface area contributed by atoms with Gasteiger partial charge in [-0.05, 0) is 25.3 Å². The van der Waals surface area contributed by atoms with Crippen molar-refractivity contribution in [1.29, 1.82) is 0 Å². The summed E-state index contributed by atoms with van der Waals surface area (Å²) in [7, 11) is 0. The van der Waals surface area contributed by atoms with Crippen LogP contribution in [0.5, 0.6) is 0 Å². The molecular weight excluding hydrogens is 355 g/mol. The van der Waals surface area contributed by atoms with Crippen LogP contribution >= 0.6 is 0 Å². The Morgan fingerprint density at radius 3 is 2.56 bits per heavy atom. The molecule has 1 heterocycles. The van der Waals surface area contributed by atoms with E-state index in [4.69, 9.17) is 9.47 Å². The molecule has 1 aliphatic rings. The molecule has 27 heavy (non-hydrogen) atoms. The second-order valence-corrected chi connectivity index (χ2v) is 6.73. The standard InChI is InChI=1S/C19H25FN2O5/c1-4-26-19(25)16-15(27-16)18(24)22-14(9-11(2)3)17(23)21-10-12-7-5-6-8-13(12)20/h5-8,11,14-16H,4,9-10H2,1-3H3,(H,21,23)(H,22,24)/t14?,15?,16-/m0/s1. The van der Waals surface area contributed by atoms with Crippen molar-refractivity contribution in [3.05, 3.63) is 35.6 Å². The van der Waals surface area contributed by atoms with E-state index >= 15 is 0 Å². The molecule has 1 aromatic carbocycles. The molecule has 2 amide bonds. The lowest BCUT2D eigenvalue weighted by molar-refractivity contribution is -0.144. The first kappa shape index (κ1) is 20.8. The smallest absolute Gasteiger partial charge is 0.338 e. The second kappa shape index (κ2) is 9.45. The molecule has 2 unspecified atom stereocenters. The number of hydrogen-bond donors (Lipinski definition) is 2. The Hall–Kier alpha value is -2.48. The van der Waals surface area contributed by atoms with Gasteiger partial charge >= 0.3 is 5.97 Å². The van der Waals surface area contributed by atoms with Crippen LogP contribution in [-0.2, 0) is 30.4 Å². The Morgan fingerprint density at radius 2 is 1.93 bits per heavy atom. The lowest BCUT2D eigenvalue weighted by Crippen LogP contribution is -2.49. The van der Waals surface area contributed by atoms with Crippen LogP contribution in [0.3, 0.4) is 0 Å². The van der Waals surface area contributed by atoms with Crippen molar-refractivity contribution in [3.8, 4) is 0 Å². The van der Waals surface area contributed by atoms with Crippen molar-refractivity contribution in [3.63, 3.8) is 0 Å². The molecule has 0 aliphatic carbocycles. The number of nitrogens with one attached hydrogen (secondary N) is 2. The zero-order chi connectivity index (χ0) is 20.0. The zero-order valence-corrected chi connectivity index (χ0v) is 15.7. The molecule has 8 heteroatoms. The summed E-state index contributed by atoms with van der Waals surface area (Å²) in [6, 6.07) is 5.33. The van der Waals surface area contributed by atoms with Gasteiger partial charge in [0.1, 0.15) is 11.9 Å². The molecule has 2 rings (SSSR count). The summed E-state index contributed by atoms with van der Waals surface area (Å²) in [5.41, 5.74) is 0.355. The van der Waals surface area contributed by atoms with Gasteiger partial charge in [0.15, 0.2) is 12.2 Å². The molecule has 1 aromatic rings. The number of rotatable bonds is 9. The van der Waals surface area contributed by atoms with Gasteiger partial charge < -0.3 is 20.1 Å². The van der Waals surface area contributed by atoms with Gasteiger partial charge in [0, 0.05) is 12.1 Å². The Kier molecular flexibility index (Phi) is 7.29. The lowest BCUT2D eigenvalue weighted by Gasteiger charge is -2.20. The number of amides is 2. The Bertz CT molecular complexity index is 694. The first-order chi connectivity index (χ1) is 12.8. The van der Waals surface area contributed by atoms with E-state index in [1.807, 2.05) is 13.8 Å². The van der Waals surface area contributed by atoms with Crippen molar-refractivity contribution in [1.82, 2.24) is 10.6 Å². The minimum atomic E-state index is -0.946. The van der Waals surface area contributed by atoms with Crippen LogP contribution in [0, 0.1) is 11.7 Å². The van der Waals surface area contributed by atoms with E-state index in [1.54, 1.807) is 25.1 Å². The summed E-state index contributed by atoms with van der Waals surface area (Å²) < 4.78 is 23.5. The van der Waals surface area contributed by atoms with Gasteiger partial charge in [0.25, 0.3) is 5.91 Å². The first-order valence-corrected chi connectivity index (χ1v) is 8.97. The summed E-state index contributed by atoms with van der Waals surface area (Å²) in [6.45, 7) is 5.70. The molecule has 0 saturated carbocycles. The van der Waals surface area contributed by atoms with Crippen LogP contribution < -0.4 is 10.6 Å². The van der Waals surface area contributed by atoms with Crippen LogP contribution in [0.15, 0.2) is 24.3 Å². The van der Waals surface area contributed by atoms with Gasteiger partial charge in [-0.25, -0.2) is 9.18 Å². The number of hydrogen-bond acceptors (Lipinski definition) is 5. The second-order valence-electron chi connectivity index (χ2n) is 6.73. The molecular formula is C19H25FN2O5. The first-order valence-electron chi connectivity index (χ1n) is 8.97. The van der Waals surface area contributed by atoms with Gasteiger partial charge in [-0.2, -0.15) is 0 Å². The van der Waals surface area contributed by atoms with Gasteiger partial charge in [0.2, 0.25) is 5.91 Å². The highest BCUT2D eigenvalue weighted by atomic mass is 19.1. The highest BCUT2D eigenvalue weighted by Gasteiger charge is 2.52. The SMILES string of the molecule is CCOC(=O)[C@H]1OC1C(=O)NC(CC(C)C)C(=O)NCc1ccccc1F. The molecule has 0 radical (unpaired) electrons. The Morgan fingerprint density at radius 1 is 1.22 bits per heavy atom. The third-order valence-corrected chi connectivity index (χ3v) is 4.02. The van der Waals surface area contributed by atoms with E-state index in [-0.39, 0.29) is 19.1 Å². The molecule has 2 N–H and O–H groups in total. The number of halogens is 1. The largest absolute Gasteiger partial charge is 0.464 e. The van der Waals surface area contributed by atoms with Gasteiger partial charge in [-0.1, -0.05) is 32.0 Å². The van der Waals surface area contributed by atoms with E-state index in [2.05, 4.69) is 10.6 Å². The Labute approximate surface area is 157 Å². The van der Waals surface area contributed by atoms with Crippen molar-refractivity contribution in [2.75, 3.05) is 6.61 Å². The van der Waals surface area contributed by atoms with Gasteiger partial charge in [0.05, 0.1) is 6.61 Å². The number of benzene rings is 1. The maximum absolute atomic E-state index is 13.7. The average molecular weight is 380 g/mol. The minimum Gasteiger partial charge on any atom is -0.464 e. The molecule has 7 nitrogen and oxygen atoms in total. The van der Waals surface area contributed by atoms with E-state index in [0.717, 1.165) is 0 Å². The summed E-state index contributed by atoms with van der Waals surface area (Å²) in [5.74, 6) is -1.84. The van der Waals surface area contributed by atoms with Crippen molar-refractivity contribution < 1.29 is 28.2 Å². The minimum absolute atomic E-state index is 0.0152. The maximum Gasteiger partial charge on any atom is 0.338 e. The predicted octanol–water partition coefficient (Wildman–Crippen LogP) is 1.30. The maximum atomic E-state index is 13.7. The summed E-state index contributed by atoms with van der Waals surface area (Å²) in [5, 5.41) is 5.25. The topological polar surface area (TPSA) is 97.0 Å². The number of epoxide rings is 1. The lowest BCUT2D eigenvalue weighted by atomic mass is 10.0. The predicted molar refractivity (Wildman–Crippen MR) is 94.9 cm³/mol. The molecule has 0 aromatic heterocycles. The van der Waals surface area contributed by atoms with Crippen LogP contribution in [0.2, 0.25) is 0 Å². The van der Waals surface area contributed by atoms with Crippen molar-refractivity contribution in [2.45, 2.75) is 52.0 Å². The van der Waals surface area contributed by atoms with Crippen LogP contribution in [0.4, 0.5) is 4.39 Å². The summed E-state index contributed by atoms with van der Waals surface area (Å²) in [6.07, 6.45) is -1.48. The monoisotopic (exact) mass is 380 g/mol. The highest BCUT2D eigenvalue weighted by molar-refractivity contribution is 5.95. The van der Waals surface area contributed by atoms with Crippen molar-refractivity contribution in [2.24, 2.45) is 5.92 Å². The summed E-state index contributed by atoms with van der Waals surface area (Å²) in [4.78, 5) is 36.3. The fraction of sp³-hybridized carbons (Fsp3) is 0.526. The zero-order valence-electron chi connectivity index (χ0n) is 15.7. The number of carbonyl (C=O) groups excluding carboxylic acids is 3. The Balaban J connectivity index is 1.92. The molecule has 1 saturated heterocycles. The quantitative estimate of drug-likeness (QED) is 0.497. The third kappa shape index (κ3) is 6.02. The normalized spacial score (nSPS) is 19.3. The highest BCUT2D eigenvalue weighted by Crippen LogP contribution is 2.24. The molecule has 1 fully saturated rings. The fourth-order valence-corrected chi connectivity index (χ4v) is 2.62. The molecule has 3 atom stereocenters. The van der Waals surface area contributed by atoms with Gasteiger partial charge in [-0.3, -0.25) is 9.59 Å². The summed E-state index contributed by atoms with van der Waals surface area (Å²) >= 11 is 0. The van der Waals surface area contributed by atoms with E-state index in [0.29, 0.717) is 12.0 Å². The fourth-order valence-electron chi connectivity index (χ4n) is 2.62. The number of esters is 1. The van der Waals surface area contributed by atoms with Crippen LogP contribution in [0.1, 0.15) is 32.8 Å². The number of carbonyl (C=O) groups is 3. The molecule has 0 bridgehead atoms. The molecule has 1 aliphatic heterocycles. The molecule has 148 valence electrons. The van der Waals surface area contributed by atoms with E-state index in [9.17, 15) is 18.8 Å². The third-order valence-electron chi connectivity index (χ3n) is 4.02. The van der Waals surface area contributed by atoms with E-state index < -0.39 is 41.9 Å². The van der Waals surface area contributed by atoms with Crippen LogP contribution in [0.25, 0.3) is 0 Å².